The Morgan fingerprint density at radius 3 is 2.39 bits per heavy atom. The Morgan fingerprint density at radius 2 is 1.94 bits per heavy atom. The molecule has 1 aromatic carbocycles. The SMILES string of the molecule is CS(=O)(=O)c1ccc(OCC2(CC#N)CC2)cc1. The first-order valence-corrected chi connectivity index (χ1v) is 7.64. The third kappa shape index (κ3) is 3.02. The molecule has 4 nitrogen and oxygen atoms in total. The molecule has 96 valence electrons. The van der Waals surface area contributed by atoms with Gasteiger partial charge >= 0.3 is 0 Å². The number of benzene rings is 1. The first-order chi connectivity index (χ1) is 8.45. The van der Waals surface area contributed by atoms with Gasteiger partial charge in [-0.15, -0.1) is 0 Å². The second kappa shape index (κ2) is 4.62. The zero-order valence-electron chi connectivity index (χ0n) is 10.2. The molecule has 1 aliphatic rings. The highest BCUT2D eigenvalue weighted by Crippen LogP contribution is 2.48. The Balaban J connectivity index is 1.98. The van der Waals surface area contributed by atoms with Crippen molar-refractivity contribution in [2.75, 3.05) is 12.9 Å². The van der Waals surface area contributed by atoms with Crippen LogP contribution in [0.15, 0.2) is 29.2 Å². The van der Waals surface area contributed by atoms with E-state index < -0.39 is 9.84 Å². The molecule has 0 bridgehead atoms. The molecule has 2 rings (SSSR count). The standard InChI is InChI=1S/C13H15NO3S/c1-18(15,16)12-4-2-11(3-5-12)17-10-13(6-7-13)8-9-14/h2-5H,6-8,10H2,1H3. The highest BCUT2D eigenvalue weighted by molar-refractivity contribution is 7.90. The van der Waals surface area contributed by atoms with E-state index in [0.717, 1.165) is 12.8 Å². The van der Waals surface area contributed by atoms with E-state index in [1.165, 1.54) is 18.4 Å². The van der Waals surface area contributed by atoms with E-state index in [-0.39, 0.29) is 10.3 Å². The van der Waals surface area contributed by atoms with Crippen LogP contribution in [0.5, 0.6) is 5.75 Å². The van der Waals surface area contributed by atoms with Crippen LogP contribution >= 0.6 is 0 Å². The van der Waals surface area contributed by atoms with Gasteiger partial charge in [0.15, 0.2) is 9.84 Å². The predicted molar refractivity (Wildman–Crippen MR) is 66.9 cm³/mol. The van der Waals surface area contributed by atoms with Crippen molar-refractivity contribution < 1.29 is 13.2 Å². The highest BCUT2D eigenvalue weighted by atomic mass is 32.2. The fraction of sp³-hybridized carbons (Fsp3) is 0.462. The van der Waals surface area contributed by atoms with Crippen molar-refractivity contribution in [3.8, 4) is 11.8 Å². The zero-order chi connectivity index (χ0) is 13.2. The number of rotatable bonds is 5. The average molecular weight is 265 g/mol. The summed E-state index contributed by atoms with van der Waals surface area (Å²) in [4.78, 5) is 0.285. The van der Waals surface area contributed by atoms with Gasteiger partial charge in [0.1, 0.15) is 5.75 Å². The number of sulfone groups is 1. The lowest BCUT2D eigenvalue weighted by molar-refractivity contribution is 0.236. The van der Waals surface area contributed by atoms with E-state index in [2.05, 4.69) is 6.07 Å². The smallest absolute Gasteiger partial charge is 0.175 e. The van der Waals surface area contributed by atoms with Crippen LogP contribution in [-0.2, 0) is 9.84 Å². The maximum atomic E-state index is 11.3. The van der Waals surface area contributed by atoms with Crippen molar-refractivity contribution in [2.24, 2.45) is 5.41 Å². The van der Waals surface area contributed by atoms with Gasteiger partial charge in [-0.25, -0.2) is 8.42 Å². The molecule has 18 heavy (non-hydrogen) atoms. The maximum absolute atomic E-state index is 11.3. The van der Waals surface area contributed by atoms with Crippen LogP contribution in [0.3, 0.4) is 0 Å². The molecular formula is C13H15NO3S. The number of nitrogens with zero attached hydrogens (tertiary/aromatic N) is 1. The molecule has 0 heterocycles. The Bertz CT molecular complexity index is 565. The second-order valence-electron chi connectivity index (χ2n) is 4.87. The van der Waals surface area contributed by atoms with Gasteiger partial charge in [0.05, 0.1) is 17.6 Å². The summed E-state index contributed by atoms with van der Waals surface area (Å²) < 4.78 is 28.2. The third-order valence-electron chi connectivity index (χ3n) is 3.21. The Kier molecular flexibility index (Phi) is 3.31. The molecule has 5 heteroatoms. The molecule has 0 radical (unpaired) electrons. The van der Waals surface area contributed by atoms with Crippen molar-refractivity contribution >= 4 is 9.84 Å². The van der Waals surface area contributed by atoms with Crippen molar-refractivity contribution in [1.29, 1.82) is 5.26 Å². The summed E-state index contributed by atoms with van der Waals surface area (Å²) in [6.45, 7) is 0.527. The molecule has 0 aromatic heterocycles. The van der Waals surface area contributed by atoms with E-state index in [4.69, 9.17) is 10.00 Å². The van der Waals surface area contributed by atoms with Crippen molar-refractivity contribution in [2.45, 2.75) is 24.2 Å². The van der Waals surface area contributed by atoms with Gasteiger partial charge in [0.2, 0.25) is 0 Å². The van der Waals surface area contributed by atoms with E-state index >= 15 is 0 Å². The normalized spacial score (nSPS) is 16.9. The number of ether oxygens (including phenoxy) is 1. The summed E-state index contributed by atoms with van der Waals surface area (Å²) in [5.41, 5.74) is 0.0320. The molecular weight excluding hydrogens is 250 g/mol. The monoisotopic (exact) mass is 265 g/mol. The second-order valence-corrected chi connectivity index (χ2v) is 6.88. The largest absolute Gasteiger partial charge is 0.493 e. The predicted octanol–water partition coefficient (Wildman–Crippen LogP) is 2.16. The molecule has 1 aromatic rings. The van der Waals surface area contributed by atoms with E-state index in [0.29, 0.717) is 18.8 Å². The minimum Gasteiger partial charge on any atom is -0.493 e. The van der Waals surface area contributed by atoms with Crippen molar-refractivity contribution in [3.05, 3.63) is 24.3 Å². The highest BCUT2D eigenvalue weighted by Gasteiger charge is 2.43. The fourth-order valence-corrected chi connectivity index (χ4v) is 2.37. The van der Waals surface area contributed by atoms with Gasteiger partial charge in [-0.2, -0.15) is 5.26 Å². The summed E-state index contributed by atoms with van der Waals surface area (Å²) in [6.07, 6.45) is 3.76. The molecule has 1 fully saturated rings. The van der Waals surface area contributed by atoms with Gasteiger partial charge in [-0.1, -0.05) is 0 Å². The molecule has 0 N–H and O–H groups in total. The molecule has 0 amide bonds. The topological polar surface area (TPSA) is 67.2 Å². The lowest BCUT2D eigenvalue weighted by Crippen LogP contribution is -2.12. The van der Waals surface area contributed by atoms with Gasteiger partial charge < -0.3 is 4.74 Å². The van der Waals surface area contributed by atoms with Gasteiger partial charge in [0, 0.05) is 18.1 Å². The molecule has 1 aliphatic carbocycles. The molecule has 0 spiro atoms. The average Bonchev–Trinajstić information content (AvgIpc) is 3.07. The lowest BCUT2D eigenvalue weighted by atomic mass is 10.1. The maximum Gasteiger partial charge on any atom is 0.175 e. The Labute approximate surface area is 107 Å². The molecule has 0 atom stereocenters. The quantitative estimate of drug-likeness (QED) is 0.818. The van der Waals surface area contributed by atoms with Crippen molar-refractivity contribution in [3.63, 3.8) is 0 Å². The van der Waals surface area contributed by atoms with Crippen LogP contribution in [0.25, 0.3) is 0 Å². The molecule has 1 saturated carbocycles. The number of hydrogen-bond donors (Lipinski definition) is 0. The minimum atomic E-state index is -3.16. The van der Waals surface area contributed by atoms with Crippen LogP contribution in [0.2, 0.25) is 0 Å². The summed E-state index contributed by atoms with van der Waals surface area (Å²) in [5, 5.41) is 8.69. The van der Waals surface area contributed by atoms with Crippen LogP contribution in [0.1, 0.15) is 19.3 Å². The van der Waals surface area contributed by atoms with Gasteiger partial charge in [0.25, 0.3) is 0 Å². The summed E-state index contributed by atoms with van der Waals surface area (Å²) >= 11 is 0. The first kappa shape index (κ1) is 12.9. The fourth-order valence-electron chi connectivity index (χ4n) is 1.74. The van der Waals surface area contributed by atoms with E-state index in [1.807, 2.05) is 0 Å². The van der Waals surface area contributed by atoms with Crippen LogP contribution < -0.4 is 4.74 Å². The molecule has 0 saturated heterocycles. The van der Waals surface area contributed by atoms with Crippen LogP contribution in [0.4, 0.5) is 0 Å². The molecule has 0 unspecified atom stereocenters. The minimum absolute atomic E-state index is 0.0320. The van der Waals surface area contributed by atoms with Gasteiger partial charge in [-0.3, -0.25) is 0 Å². The van der Waals surface area contributed by atoms with Crippen LogP contribution in [-0.4, -0.2) is 21.3 Å². The lowest BCUT2D eigenvalue weighted by Gasteiger charge is -2.12. The first-order valence-electron chi connectivity index (χ1n) is 5.75. The molecule has 0 aliphatic heterocycles. The van der Waals surface area contributed by atoms with Crippen molar-refractivity contribution in [1.82, 2.24) is 0 Å². The Hall–Kier alpha value is -1.54. The Morgan fingerprint density at radius 1 is 1.33 bits per heavy atom. The van der Waals surface area contributed by atoms with Gasteiger partial charge in [-0.05, 0) is 37.1 Å². The van der Waals surface area contributed by atoms with Crippen LogP contribution in [0, 0.1) is 16.7 Å². The summed E-state index contributed by atoms with van der Waals surface area (Å²) in [7, 11) is -3.16. The summed E-state index contributed by atoms with van der Waals surface area (Å²) in [5.74, 6) is 0.645. The number of hydrogen-bond acceptors (Lipinski definition) is 4. The summed E-state index contributed by atoms with van der Waals surface area (Å²) in [6, 6.07) is 8.55. The number of nitriles is 1. The van der Waals surface area contributed by atoms with E-state index in [1.54, 1.807) is 12.1 Å². The third-order valence-corrected chi connectivity index (χ3v) is 4.34. The van der Waals surface area contributed by atoms with E-state index in [9.17, 15) is 8.42 Å². The zero-order valence-corrected chi connectivity index (χ0v) is 11.0.